The van der Waals surface area contributed by atoms with Gasteiger partial charge in [-0.3, -0.25) is 4.79 Å². The minimum Gasteiger partial charge on any atom is -0.462 e. The molecule has 0 bridgehead atoms. The van der Waals surface area contributed by atoms with Crippen LogP contribution >= 0.6 is 0 Å². The van der Waals surface area contributed by atoms with Gasteiger partial charge in [-0.05, 0) is 42.7 Å². The van der Waals surface area contributed by atoms with E-state index in [0.717, 1.165) is 12.3 Å². The summed E-state index contributed by atoms with van der Waals surface area (Å²) in [5.41, 5.74) is 1.12. The Morgan fingerprint density at radius 3 is 2.58 bits per heavy atom. The van der Waals surface area contributed by atoms with Gasteiger partial charge in [0.15, 0.2) is 0 Å². The van der Waals surface area contributed by atoms with E-state index in [9.17, 15) is 9.59 Å². The Bertz CT molecular complexity index is 475. The number of amides is 1. The number of ether oxygens (including phenoxy) is 1. The third kappa shape index (κ3) is 4.25. The molecule has 0 heterocycles. The van der Waals surface area contributed by atoms with Crippen LogP contribution in [0.25, 0.3) is 0 Å². The summed E-state index contributed by atoms with van der Waals surface area (Å²) in [6.07, 6.45) is 4.67. The van der Waals surface area contributed by atoms with Crippen molar-refractivity contribution in [2.45, 2.75) is 19.3 Å². The average molecular weight is 259 g/mol. The minimum atomic E-state index is -0.317. The van der Waals surface area contributed by atoms with Crippen LogP contribution in [0.1, 0.15) is 29.6 Å². The second-order valence-corrected chi connectivity index (χ2v) is 4.64. The topological polar surface area (TPSA) is 55.4 Å². The second-order valence-electron chi connectivity index (χ2n) is 4.64. The maximum atomic E-state index is 11.7. The van der Waals surface area contributed by atoms with E-state index < -0.39 is 0 Å². The first kappa shape index (κ1) is 13.3. The van der Waals surface area contributed by atoms with E-state index in [1.54, 1.807) is 24.3 Å². The largest absolute Gasteiger partial charge is 0.462 e. The fourth-order valence-electron chi connectivity index (χ4n) is 1.69. The molecule has 0 spiro atoms. The van der Waals surface area contributed by atoms with E-state index in [1.165, 1.54) is 18.9 Å². The molecule has 0 saturated heterocycles. The second kappa shape index (κ2) is 6.18. The SMILES string of the molecule is C=CC(=O)Nc1ccc(C(=O)OCCC2CC2)cc1. The highest BCUT2D eigenvalue weighted by atomic mass is 16.5. The highest BCUT2D eigenvalue weighted by molar-refractivity contribution is 5.99. The highest BCUT2D eigenvalue weighted by Gasteiger charge is 2.21. The molecule has 0 atom stereocenters. The Balaban J connectivity index is 1.83. The van der Waals surface area contributed by atoms with E-state index in [2.05, 4.69) is 11.9 Å². The summed E-state index contributed by atoms with van der Waals surface area (Å²) in [5.74, 6) is 0.159. The number of carbonyl (C=O) groups is 2. The number of benzene rings is 1. The molecule has 1 amide bonds. The van der Waals surface area contributed by atoms with Crippen LogP contribution in [0.15, 0.2) is 36.9 Å². The smallest absolute Gasteiger partial charge is 0.338 e. The Labute approximate surface area is 112 Å². The van der Waals surface area contributed by atoms with E-state index in [4.69, 9.17) is 4.74 Å². The van der Waals surface area contributed by atoms with Gasteiger partial charge in [0.05, 0.1) is 12.2 Å². The number of hydrogen-bond donors (Lipinski definition) is 1. The first-order valence-electron chi connectivity index (χ1n) is 6.39. The zero-order valence-electron chi connectivity index (χ0n) is 10.7. The summed E-state index contributed by atoms with van der Waals surface area (Å²) in [7, 11) is 0. The van der Waals surface area contributed by atoms with Crippen molar-refractivity contribution in [2.75, 3.05) is 11.9 Å². The Morgan fingerprint density at radius 2 is 2.00 bits per heavy atom. The number of carbonyl (C=O) groups excluding carboxylic acids is 2. The summed E-state index contributed by atoms with van der Waals surface area (Å²) >= 11 is 0. The van der Waals surface area contributed by atoms with E-state index in [1.807, 2.05) is 0 Å². The van der Waals surface area contributed by atoms with Crippen LogP contribution in [0.2, 0.25) is 0 Å². The van der Waals surface area contributed by atoms with E-state index >= 15 is 0 Å². The van der Waals surface area contributed by atoms with Crippen LogP contribution in [0.5, 0.6) is 0 Å². The van der Waals surface area contributed by atoms with Gasteiger partial charge >= 0.3 is 5.97 Å². The standard InChI is InChI=1S/C15H17NO3/c1-2-14(17)16-13-7-5-12(6-8-13)15(18)19-10-9-11-3-4-11/h2,5-8,11H,1,3-4,9-10H2,(H,16,17). The first-order valence-corrected chi connectivity index (χ1v) is 6.39. The molecule has 100 valence electrons. The molecule has 1 fully saturated rings. The van der Waals surface area contributed by atoms with Gasteiger partial charge < -0.3 is 10.1 Å². The van der Waals surface area contributed by atoms with Crippen molar-refractivity contribution < 1.29 is 14.3 Å². The summed E-state index contributed by atoms with van der Waals surface area (Å²) < 4.78 is 5.18. The van der Waals surface area contributed by atoms with Gasteiger partial charge in [-0.25, -0.2) is 4.79 Å². The molecule has 1 aliphatic carbocycles. The highest BCUT2D eigenvalue weighted by Crippen LogP contribution is 2.32. The lowest BCUT2D eigenvalue weighted by molar-refractivity contribution is -0.111. The predicted molar refractivity (Wildman–Crippen MR) is 72.9 cm³/mol. The third-order valence-electron chi connectivity index (χ3n) is 3.03. The summed E-state index contributed by atoms with van der Waals surface area (Å²) in [5, 5.41) is 2.61. The molecule has 0 radical (unpaired) electrons. The lowest BCUT2D eigenvalue weighted by Crippen LogP contribution is -2.09. The number of hydrogen-bond acceptors (Lipinski definition) is 3. The number of esters is 1. The minimum absolute atomic E-state index is 0.278. The van der Waals surface area contributed by atoms with Gasteiger partial charge in [-0.2, -0.15) is 0 Å². The monoisotopic (exact) mass is 259 g/mol. The summed E-state index contributed by atoms with van der Waals surface area (Å²) in [6, 6.07) is 6.61. The van der Waals surface area contributed by atoms with Gasteiger partial charge in [0.2, 0.25) is 5.91 Å². The predicted octanol–water partition coefficient (Wildman–Crippen LogP) is 2.77. The van der Waals surface area contributed by atoms with Crippen molar-refractivity contribution in [2.24, 2.45) is 5.92 Å². The van der Waals surface area contributed by atoms with Crippen molar-refractivity contribution in [3.8, 4) is 0 Å². The van der Waals surface area contributed by atoms with Crippen LogP contribution in [-0.2, 0) is 9.53 Å². The third-order valence-corrected chi connectivity index (χ3v) is 3.03. The molecule has 4 heteroatoms. The Morgan fingerprint density at radius 1 is 1.32 bits per heavy atom. The number of anilines is 1. The van der Waals surface area contributed by atoms with Gasteiger partial charge in [0.25, 0.3) is 0 Å². The molecule has 1 saturated carbocycles. The summed E-state index contributed by atoms with van der Waals surface area (Å²) in [6.45, 7) is 3.85. The van der Waals surface area contributed by atoms with Crippen LogP contribution in [0.4, 0.5) is 5.69 Å². The van der Waals surface area contributed by atoms with Crippen LogP contribution in [-0.4, -0.2) is 18.5 Å². The molecule has 4 nitrogen and oxygen atoms in total. The van der Waals surface area contributed by atoms with Crippen molar-refractivity contribution in [3.05, 3.63) is 42.5 Å². The van der Waals surface area contributed by atoms with Crippen LogP contribution < -0.4 is 5.32 Å². The molecule has 1 N–H and O–H groups in total. The lowest BCUT2D eigenvalue weighted by Gasteiger charge is -2.05. The Hall–Kier alpha value is -2.10. The van der Waals surface area contributed by atoms with E-state index in [0.29, 0.717) is 17.9 Å². The van der Waals surface area contributed by atoms with Crippen molar-refractivity contribution in [3.63, 3.8) is 0 Å². The molecular weight excluding hydrogens is 242 g/mol. The average Bonchev–Trinajstić information content (AvgIpc) is 3.23. The summed E-state index contributed by atoms with van der Waals surface area (Å²) in [4.78, 5) is 22.8. The molecular formula is C15H17NO3. The maximum absolute atomic E-state index is 11.7. The van der Waals surface area contributed by atoms with Crippen LogP contribution in [0.3, 0.4) is 0 Å². The molecule has 1 aromatic carbocycles. The fraction of sp³-hybridized carbons (Fsp3) is 0.333. The molecule has 19 heavy (non-hydrogen) atoms. The van der Waals surface area contributed by atoms with Crippen molar-refractivity contribution in [1.82, 2.24) is 0 Å². The number of rotatable bonds is 6. The van der Waals surface area contributed by atoms with Gasteiger partial charge in [-0.1, -0.05) is 19.4 Å². The zero-order valence-corrected chi connectivity index (χ0v) is 10.7. The molecule has 0 unspecified atom stereocenters. The van der Waals surface area contributed by atoms with Gasteiger partial charge in [0, 0.05) is 5.69 Å². The fourth-order valence-corrected chi connectivity index (χ4v) is 1.69. The number of nitrogens with one attached hydrogen (secondary N) is 1. The maximum Gasteiger partial charge on any atom is 0.338 e. The lowest BCUT2D eigenvalue weighted by atomic mass is 10.2. The first-order chi connectivity index (χ1) is 9.19. The molecule has 2 rings (SSSR count). The quantitative estimate of drug-likeness (QED) is 0.631. The van der Waals surface area contributed by atoms with E-state index in [-0.39, 0.29) is 11.9 Å². The molecule has 0 aromatic heterocycles. The van der Waals surface area contributed by atoms with Gasteiger partial charge in [0.1, 0.15) is 0 Å². The van der Waals surface area contributed by atoms with Gasteiger partial charge in [-0.15, -0.1) is 0 Å². The Kier molecular flexibility index (Phi) is 4.34. The molecule has 1 aliphatic rings. The van der Waals surface area contributed by atoms with Crippen LogP contribution in [0, 0.1) is 5.92 Å². The van der Waals surface area contributed by atoms with Crippen molar-refractivity contribution >= 4 is 17.6 Å². The molecule has 0 aliphatic heterocycles. The zero-order chi connectivity index (χ0) is 13.7. The normalized spacial score (nSPS) is 13.7. The van der Waals surface area contributed by atoms with Crippen molar-refractivity contribution in [1.29, 1.82) is 0 Å². The molecule has 1 aromatic rings.